The zero-order chi connectivity index (χ0) is 15.7. The van der Waals surface area contributed by atoms with E-state index in [2.05, 4.69) is 38.7 Å². The van der Waals surface area contributed by atoms with Crippen LogP contribution in [0.3, 0.4) is 0 Å². The lowest BCUT2D eigenvalue weighted by Gasteiger charge is -2.51. The lowest BCUT2D eigenvalue weighted by atomic mass is 9.57. The average molecular weight is 292 g/mol. The molecule has 0 aromatic heterocycles. The fraction of sp³-hybridized carbons (Fsp3) is 0.944. The molecule has 0 aromatic rings. The Balaban J connectivity index is 2.04. The maximum atomic E-state index is 11.2. The van der Waals surface area contributed by atoms with Gasteiger partial charge in [-0.2, -0.15) is 5.26 Å². The molecule has 0 atom stereocenters. The monoisotopic (exact) mass is 292 g/mol. The number of nitrogens with zero attached hydrogens (tertiary/aromatic N) is 2. The van der Waals surface area contributed by atoms with Crippen molar-refractivity contribution in [1.82, 2.24) is 4.90 Å². The van der Waals surface area contributed by atoms with Crippen LogP contribution in [0.1, 0.15) is 66.2 Å². The van der Waals surface area contributed by atoms with Crippen molar-refractivity contribution in [3.8, 4) is 6.07 Å². The summed E-state index contributed by atoms with van der Waals surface area (Å²) in [4.78, 5) is 2.44. The number of aliphatic hydroxyl groups is 1. The zero-order valence-electron chi connectivity index (χ0n) is 14.3. The Labute approximate surface area is 130 Å². The van der Waals surface area contributed by atoms with Crippen molar-refractivity contribution in [2.45, 2.75) is 71.8 Å². The molecule has 21 heavy (non-hydrogen) atoms. The summed E-state index contributed by atoms with van der Waals surface area (Å²) in [6, 6.07) is 2.55. The maximum Gasteiger partial charge on any atom is 0.0861 e. The van der Waals surface area contributed by atoms with Crippen molar-refractivity contribution in [3.63, 3.8) is 0 Å². The molecule has 0 amide bonds. The summed E-state index contributed by atoms with van der Waals surface area (Å²) in [7, 11) is 0. The van der Waals surface area contributed by atoms with E-state index < -0.39 is 11.0 Å². The first-order valence-electron chi connectivity index (χ1n) is 8.58. The predicted octanol–water partition coefficient (Wildman–Crippen LogP) is 3.58. The molecule has 1 heterocycles. The lowest BCUT2D eigenvalue weighted by Crippen LogP contribution is -2.56. The summed E-state index contributed by atoms with van der Waals surface area (Å²) in [5, 5.41) is 21.0. The van der Waals surface area contributed by atoms with Crippen LogP contribution in [-0.4, -0.2) is 35.2 Å². The molecule has 0 radical (unpaired) electrons. The van der Waals surface area contributed by atoms with Gasteiger partial charge in [0.05, 0.1) is 17.1 Å². The molecule has 1 N–H and O–H groups in total. The third-order valence-electron chi connectivity index (χ3n) is 5.87. The highest BCUT2D eigenvalue weighted by atomic mass is 16.3. The molecule has 120 valence electrons. The van der Waals surface area contributed by atoms with Crippen LogP contribution < -0.4 is 0 Å². The third kappa shape index (κ3) is 3.43. The fourth-order valence-electron chi connectivity index (χ4n) is 4.14. The van der Waals surface area contributed by atoms with E-state index in [9.17, 15) is 10.4 Å². The molecule has 0 spiro atoms. The highest BCUT2D eigenvalue weighted by Gasteiger charge is 2.54. The zero-order valence-corrected chi connectivity index (χ0v) is 14.3. The number of hydrogen-bond donors (Lipinski definition) is 1. The summed E-state index contributed by atoms with van der Waals surface area (Å²) in [5.41, 5.74) is -0.951. The molecule has 2 rings (SSSR count). The highest BCUT2D eigenvalue weighted by molar-refractivity contribution is 5.15. The smallest absolute Gasteiger partial charge is 0.0861 e. The Hall–Kier alpha value is -0.590. The van der Waals surface area contributed by atoms with Crippen molar-refractivity contribution in [2.75, 3.05) is 19.6 Å². The molecule has 2 fully saturated rings. The Morgan fingerprint density at radius 2 is 1.57 bits per heavy atom. The van der Waals surface area contributed by atoms with Crippen molar-refractivity contribution in [1.29, 1.82) is 5.26 Å². The van der Waals surface area contributed by atoms with E-state index in [1.807, 2.05) is 0 Å². The second kappa shape index (κ2) is 5.89. The van der Waals surface area contributed by atoms with Gasteiger partial charge in [-0.3, -0.25) is 0 Å². The maximum absolute atomic E-state index is 11.2. The minimum Gasteiger partial charge on any atom is -0.388 e. The first-order chi connectivity index (χ1) is 9.72. The number of nitriles is 1. The highest BCUT2D eigenvalue weighted by Crippen LogP contribution is 2.53. The molecule has 0 aromatic carbocycles. The summed E-state index contributed by atoms with van der Waals surface area (Å²) < 4.78 is 0. The Kier molecular flexibility index (Phi) is 4.71. The molecular weight excluding hydrogens is 260 g/mol. The molecule has 1 saturated heterocycles. The summed E-state index contributed by atoms with van der Waals surface area (Å²) in [5.74, 6) is 0.664. The van der Waals surface area contributed by atoms with Gasteiger partial charge in [0.1, 0.15) is 0 Å². The molecule has 1 saturated carbocycles. The molecule has 1 aliphatic heterocycles. The average Bonchev–Trinajstić information content (AvgIpc) is 2.41. The molecule has 0 bridgehead atoms. The van der Waals surface area contributed by atoms with Crippen LogP contribution in [0.2, 0.25) is 0 Å². The minimum absolute atomic E-state index is 0.328. The normalized spacial score (nSPS) is 28.2. The van der Waals surface area contributed by atoms with Crippen molar-refractivity contribution >= 4 is 0 Å². The summed E-state index contributed by atoms with van der Waals surface area (Å²) in [6.45, 7) is 12.0. The number of rotatable bonds is 3. The molecule has 1 aliphatic carbocycles. The third-order valence-corrected chi connectivity index (χ3v) is 5.87. The van der Waals surface area contributed by atoms with Gasteiger partial charge >= 0.3 is 0 Å². The van der Waals surface area contributed by atoms with E-state index in [4.69, 9.17) is 0 Å². The van der Waals surface area contributed by atoms with Crippen LogP contribution in [0.4, 0.5) is 0 Å². The van der Waals surface area contributed by atoms with Crippen LogP contribution in [0, 0.1) is 28.1 Å². The second-order valence-corrected chi connectivity index (χ2v) is 8.58. The van der Waals surface area contributed by atoms with Gasteiger partial charge in [0.2, 0.25) is 0 Å². The van der Waals surface area contributed by atoms with Crippen LogP contribution in [-0.2, 0) is 0 Å². The van der Waals surface area contributed by atoms with Crippen LogP contribution in [0.5, 0.6) is 0 Å². The number of piperidine rings is 1. The largest absolute Gasteiger partial charge is 0.388 e. The van der Waals surface area contributed by atoms with E-state index in [-0.39, 0.29) is 0 Å². The molecule has 0 unspecified atom stereocenters. The fourth-order valence-corrected chi connectivity index (χ4v) is 4.14. The van der Waals surface area contributed by atoms with Gasteiger partial charge in [-0.25, -0.2) is 0 Å². The standard InChI is InChI=1S/C18H32N2O/c1-15(2)13-20-11-9-18(21,10-12-20)17(14-19)7-5-16(3,4)6-8-17/h15,21H,5-13H2,1-4H3. The van der Waals surface area contributed by atoms with E-state index in [0.29, 0.717) is 11.3 Å². The predicted molar refractivity (Wildman–Crippen MR) is 85.8 cm³/mol. The molecular formula is C18H32N2O. The summed E-state index contributed by atoms with van der Waals surface area (Å²) in [6.07, 6.45) is 5.34. The Morgan fingerprint density at radius 1 is 1.05 bits per heavy atom. The van der Waals surface area contributed by atoms with E-state index in [1.165, 1.54) is 0 Å². The quantitative estimate of drug-likeness (QED) is 0.865. The molecule has 2 aliphatic rings. The van der Waals surface area contributed by atoms with Crippen molar-refractivity contribution in [3.05, 3.63) is 0 Å². The van der Waals surface area contributed by atoms with Gasteiger partial charge in [-0.05, 0) is 49.9 Å². The molecule has 3 nitrogen and oxygen atoms in total. The Bertz CT molecular complexity index is 390. The van der Waals surface area contributed by atoms with Gasteiger partial charge in [0.25, 0.3) is 0 Å². The van der Waals surface area contributed by atoms with E-state index in [0.717, 1.165) is 58.2 Å². The van der Waals surface area contributed by atoms with E-state index in [1.54, 1.807) is 0 Å². The SMILES string of the molecule is CC(C)CN1CCC(O)(C2(C#N)CCC(C)(C)CC2)CC1. The topological polar surface area (TPSA) is 47.3 Å². The summed E-state index contributed by atoms with van der Waals surface area (Å²) >= 11 is 0. The van der Waals surface area contributed by atoms with Crippen LogP contribution in [0.15, 0.2) is 0 Å². The Morgan fingerprint density at radius 3 is 2.00 bits per heavy atom. The first-order valence-corrected chi connectivity index (χ1v) is 8.58. The number of hydrogen-bond acceptors (Lipinski definition) is 3. The van der Waals surface area contributed by atoms with Crippen LogP contribution in [0.25, 0.3) is 0 Å². The van der Waals surface area contributed by atoms with Crippen molar-refractivity contribution < 1.29 is 5.11 Å². The molecule has 3 heteroatoms. The first kappa shape index (κ1) is 16.8. The second-order valence-electron chi connectivity index (χ2n) is 8.58. The van der Waals surface area contributed by atoms with Crippen molar-refractivity contribution in [2.24, 2.45) is 16.7 Å². The van der Waals surface area contributed by atoms with Gasteiger partial charge in [-0.1, -0.05) is 27.7 Å². The number of likely N-dealkylation sites (tertiary alicyclic amines) is 1. The van der Waals surface area contributed by atoms with Gasteiger partial charge in [0, 0.05) is 19.6 Å². The van der Waals surface area contributed by atoms with Gasteiger partial charge in [0.15, 0.2) is 0 Å². The van der Waals surface area contributed by atoms with E-state index >= 15 is 0 Å². The van der Waals surface area contributed by atoms with Gasteiger partial charge < -0.3 is 10.0 Å². The lowest BCUT2D eigenvalue weighted by molar-refractivity contribution is -0.119. The van der Waals surface area contributed by atoms with Crippen LogP contribution >= 0.6 is 0 Å². The van der Waals surface area contributed by atoms with Gasteiger partial charge in [-0.15, -0.1) is 0 Å². The minimum atomic E-state index is -0.772.